The number of rotatable bonds is 8. The quantitative estimate of drug-likeness (QED) is 0.476. The van der Waals surface area contributed by atoms with Crippen LogP contribution < -0.4 is 19.7 Å². The van der Waals surface area contributed by atoms with E-state index >= 15 is 0 Å². The monoisotopic (exact) mass is 491 g/mol. The van der Waals surface area contributed by atoms with Gasteiger partial charge in [0.25, 0.3) is 5.91 Å². The molecule has 0 bridgehead atoms. The van der Waals surface area contributed by atoms with Crippen molar-refractivity contribution in [3.63, 3.8) is 0 Å². The van der Waals surface area contributed by atoms with Crippen molar-refractivity contribution < 1.29 is 23.5 Å². The maximum Gasteiger partial charge on any atom is 0.277 e. The fourth-order valence-corrected chi connectivity index (χ4v) is 4.59. The van der Waals surface area contributed by atoms with Gasteiger partial charge in [-0.05, 0) is 60.9 Å². The van der Waals surface area contributed by atoms with E-state index in [1.165, 1.54) is 43.5 Å². The van der Waals surface area contributed by atoms with Crippen molar-refractivity contribution in [3.05, 3.63) is 83.9 Å². The topological polar surface area (TPSA) is 80.8 Å². The molecule has 1 aliphatic carbocycles. The van der Waals surface area contributed by atoms with E-state index in [1.807, 2.05) is 0 Å². The summed E-state index contributed by atoms with van der Waals surface area (Å²) in [5.41, 5.74) is 0.872. The van der Waals surface area contributed by atoms with Gasteiger partial charge in [0.2, 0.25) is 5.91 Å². The van der Waals surface area contributed by atoms with Gasteiger partial charge in [0.1, 0.15) is 17.6 Å². The molecule has 36 heavy (non-hydrogen) atoms. The number of halogens is 1. The Labute approximate surface area is 210 Å². The molecule has 1 aromatic heterocycles. The Morgan fingerprint density at radius 3 is 2.42 bits per heavy atom. The van der Waals surface area contributed by atoms with Crippen LogP contribution >= 0.6 is 0 Å². The fourth-order valence-electron chi connectivity index (χ4n) is 4.59. The lowest BCUT2D eigenvalue weighted by Crippen LogP contribution is -2.47. The molecular weight excluding hydrogens is 461 g/mol. The van der Waals surface area contributed by atoms with Gasteiger partial charge in [0.05, 0.1) is 14.2 Å². The summed E-state index contributed by atoms with van der Waals surface area (Å²) in [6.45, 7) is 0. The highest BCUT2D eigenvalue weighted by atomic mass is 19.1. The molecule has 1 aliphatic rings. The molecular formula is C28H30FN3O4. The number of ether oxygens (including phenoxy) is 2. The number of hydrogen-bond donors (Lipinski definition) is 1. The Morgan fingerprint density at radius 1 is 0.972 bits per heavy atom. The summed E-state index contributed by atoms with van der Waals surface area (Å²) >= 11 is 0. The van der Waals surface area contributed by atoms with Gasteiger partial charge in [0.15, 0.2) is 11.5 Å². The third-order valence-corrected chi connectivity index (χ3v) is 6.37. The second-order valence-corrected chi connectivity index (χ2v) is 8.73. The standard InChI is InChI=1S/C28H30FN3O4/c1-35-24-15-14-19(17-25(24)36-2)26(27(33)31-21-10-4-3-5-11-21)32(22-12-8-9-20(29)18-22)28(34)23-13-6-7-16-30-23/h6-9,12-18,21,26H,3-5,10-11H2,1-2H3,(H,31,33)/t26-/m0/s1. The van der Waals surface area contributed by atoms with Gasteiger partial charge in [-0.2, -0.15) is 0 Å². The van der Waals surface area contributed by atoms with Crippen LogP contribution in [0.25, 0.3) is 0 Å². The number of amides is 2. The molecule has 1 fully saturated rings. The molecule has 1 N–H and O–H groups in total. The summed E-state index contributed by atoms with van der Waals surface area (Å²) in [4.78, 5) is 33.3. The molecule has 3 aromatic rings. The number of anilines is 1. The summed E-state index contributed by atoms with van der Waals surface area (Å²) in [5.74, 6) is -0.511. The number of carbonyl (C=O) groups excluding carboxylic acids is 2. The number of methoxy groups -OCH3 is 2. The third-order valence-electron chi connectivity index (χ3n) is 6.37. The summed E-state index contributed by atoms with van der Waals surface area (Å²) in [6, 6.07) is 14.6. The number of nitrogens with zero attached hydrogens (tertiary/aromatic N) is 2. The van der Waals surface area contributed by atoms with Crippen LogP contribution in [0.4, 0.5) is 10.1 Å². The zero-order chi connectivity index (χ0) is 25.5. The van der Waals surface area contributed by atoms with Crippen LogP contribution in [0.3, 0.4) is 0 Å². The molecule has 8 heteroatoms. The van der Waals surface area contributed by atoms with Crippen LogP contribution in [-0.4, -0.2) is 37.1 Å². The van der Waals surface area contributed by atoms with Gasteiger partial charge in [-0.15, -0.1) is 0 Å². The van der Waals surface area contributed by atoms with E-state index in [4.69, 9.17) is 9.47 Å². The molecule has 2 aromatic carbocycles. The summed E-state index contributed by atoms with van der Waals surface area (Å²) in [5, 5.41) is 3.14. The first-order valence-corrected chi connectivity index (χ1v) is 12.0. The van der Waals surface area contributed by atoms with E-state index in [9.17, 15) is 14.0 Å². The smallest absolute Gasteiger partial charge is 0.277 e. The number of pyridine rings is 1. The second kappa shape index (κ2) is 11.7. The first-order valence-electron chi connectivity index (χ1n) is 12.0. The molecule has 0 spiro atoms. The number of aromatic nitrogens is 1. The summed E-state index contributed by atoms with van der Waals surface area (Å²) in [7, 11) is 3.02. The van der Waals surface area contributed by atoms with E-state index in [1.54, 1.807) is 42.5 Å². The zero-order valence-electron chi connectivity index (χ0n) is 20.4. The van der Waals surface area contributed by atoms with Crippen LogP contribution in [0, 0.1) is 5.82 Å². The molecule has 2 amide bonds. The molecule has 4 rings (SSSR count). The van der Waals surface area contributed by atoms with Crippen molar-refractivity contribution in [1.82, 2.24) is 10.3 Å². The molecule has 1 heterocycles. The Bertz CT molecular complexity index is 1200. The Hall–Kier alpha value is -3.94. The van der Waals surface area contributed by atoms with Crippen molar-refractivity contribution in [2.24, 2.45) is 0 Å². The Kier molecular flexibility index (Phi) is 8.15. The van der Waals surface area contributed by atoms with Crippen LogP contribution in [0.5, 0.6) is 11.5 Å². The minimum Gasteiger partial charge on any atom is -0.493 e. The van der Waals surface area contributed by atoms with Gasteiger partial charge in [-0.3, -0.25) is 19.5 Å². The van der Waals surface area contributed by atoms with Crippen molar-refractivity contribution in [2.45, 2.75) is 44.2 Å². The highest BCUT2D eigenvalue weighted by molar-refractivity contribution is 6.09. The molecule has 0 saturated heterocycles. The highest BCUT2D eigenvalue weighted by Gasteiger charge is 2.35. The Balaban J connectivity index is 1.85. The van der Waals surface area contributed by atoms with Crippen LogP contribution in [-0.2, 0) is 4.79 Å². The third kappa shape index (κ3) is 5.64. The largest absolute Gasteiger partial charge is 0.493 e. The summed E-state index contributed by atoms with van der Waals surface area (Å²) < 4.78 is 25.2. The van der Waals surface area contributed by atoms with Crippen LogP contribution in [0.15, 0.2) is 66.9 Å². The molecule has 188 valence electrons. The number of benzene rings is 2. The minimum absolute atomic E-state index is 0.00760. The normalized spacial score (nSPS) is 14.5. The number of nitrogens with one attached hydrogen (secondary N) is 1. The van der Waals surface area contributed by atoms with Crippen LogP contribution in [0.1, 0.15) is 54.2 Å². The Morgan fingerprint density at radius 2 is 1.75 bits per heavy atom. The average Bonchev–Trinajstić information content (AvgIpc) is 2.92. The van der Waals surface area contributed by atoms with Gasteiger partial charge in [0, 0.05) is 17.9 Å². The molecule has 1 saturated carbocycles. The average molecular weight is 492 g/mol. The second-order valence-electron chi connectivity index (χ2n) is 8.73. The first kappa shape index (κ1) is 25.2. The minimum atomic E-state index is -1.11. The lowest BCUT2D eigenvalue weighted by molar-refractivity contribution is -0.123. The maximum atomic E-state index is 14.4. The predicted octanol–water partition coefficient (Wildman–Crippen LogP) is 5.07. The van der Waals surface area contributed by atoms with Gasteiger partial charge >= 0.3 is 0 Å². The number of carbonyl (C=O) groups is 2. The van der Waals surface area contributed by atoms with E-state index in [0.717, 1.165) is 32.1 Å². The lowest BCUT2D eigenvalue weighted by atomic mass is 9.94. The highest BCUT2D eigenvalue weighted by Crippen LogP contribution is 2.35. The molecule has 1 atom stereocenters. The van der Waals surface area contributed by atoms with E-state index in [2.05, 4.69) is 10.3 Å². The zero-order valence-corrected chi connectivity index (χ0v) is 20.4. The molecule has 7 nitrogen and oxygen atoms in total. The number of hydrogen-bond acceptors (Lipinski definition) is 5. The van der Waals surface area contributed by atoms with Crippen molar-refractivity contribution >= 4 is 17.5 Å². The van der Waals surface area contributed by atoms with E-state index < -0.39 is 17.8 Å². The first-order chi connectivity index (χ1) is 17.5. The van der Waals surface area contributed by atoms with Crippen molar-refractivity contribution in [3.8, 4) is 11.5 Å². The lowest BCUT2D eigenvalue weighted by Gasteiger charge is -2.33. The maximum absolute atomic E-state index is 14.4. The molecule has 0 radical (unpaired) electrons. The van der Waals surface area contributed by atoms with Gasteiger partial charge in [-0.25, -0.2) is 4.39 Å². The van der Waals surface area contributed by atoms with Gasteiger partial charge < -0.3 is 14.8 Å². The molecule has 0 unspecified atom stereocenters. The van der Waals surface area contributed by atoms with Gasteiger partial charge in [-0.1, -0.05) is 37.5 Å². The summed E-state index contributed by atoms with van der Waals surface area (Å²) in [6.07, 6.45) is 6.46. The van der Waals surface area contributed by atoms with Crippen LogP contribution in [0.2, 0.25) is 0 Å². The van der Waals surface area contributed by atoms with E-state index in [0.29, 0.717) is 17.1 Å². The van der Waals surface area contributed by atoms with E-state index in [-0.39, 0.29) is 23.3 Å². The predicted molar refractivity (Wildman–Crippen MR) is 135 cm³/mol. The fraction of sp³-hybridized carbons (Fsp3) is 0.321. The molecule has 0 aliphatic heterocycles. The van der Waals surface area contributed by atoms with Crippen molar-refractivity contribution in [1.29, 1.82) is 0 Å². The van der Waals surface area contributed by atoms with Crippen molar-refractivity contribution in [2.75, 3.05) is 19.1 Å². The SMILES string of the molecule is COc1ccc([C@@H](C(=O)NC2CCCCC2)N(C(=O)c2ccccn2)c2cccc(F)c2)cc1OC.